The largest absolute Gasteiger partial charge is 0.383 e. The van der Waals surface area contributed by atoms with Crippen LogP contribution in [0.15, 0.2) is 29.3 Å². The SMILES string of the molecule is CCC(CC)C1N=C(N)c2ccccc2N1. The van der Waals surface area contributed by atoms with Crippen LogP contribution in [0.5, 0.6) is 0 Å². The lowest BCUT2D eigenvalue weighted by Gasteiger charge is -2.29. The molecule has 0 aliphatic carbocycles. The second-order valence-corrected chi connectivity index (χ2v) is 4.23. The summed E-state index contributed by atoms with van der Waals surface area (Å²) in [5.74, 6) is 1.21. The molecule has 1 heterocycles. The highest BCUT2D eigenvalue weighted by Crippen LogP contribution is 2.26. The number of amidine groups is 1. The maximum absolute atomic E-state index is 5.99. The molecule has 0 spiro atoms. The summed E-state index contributed by atoms with van der Waals surface area (Å²) < 4.78 is 0. The van der Waals surface area contributed by atoms with Crippen LogP contribution in [-0.2, 0) is 0 Å². The van der Waals surface area contributed by atoms with Gasteiger partial charge in [-0.25, -0.2) is 4.99 Å². The van der Waals surface area contributed by atoms with Gasteiger partial charge in [0.05, 0.1) is 0 Å². The van der Waals surface area contributed by atoms with Crippen LogP contribution in [0.2, 0.25) is 0 Å². The number of fused-ring (bicyclic) bond motifs is 1. The Kier molecular flexibility index (Phi) is 3.13. The second-order valence-electron chi connectivity index (χ2n) is 4.23. The number of hydrogen-bond donors (Lipinski definition) is 2. The van der Waals surface area contributed by atoms with Crippen LogP contribution < -0.4 is 11.1 Å². The van der Waals surface area contributed by atoms with Crippen molar-refractivity contribution in [2.45, 2.75) is 32.9 Å². The Hall–Kier alpha value is -1.51. The number of aliphatic imine (C=N–C) groups is 1. The van der Waals surface area contributed by atoms with E-state index in [1.165, 1.54) is 0 Å². The molecule has 0 saturated heterocycles. The number of hydrogen-bond acceptors (Lipinski definition) is 3. The first-order valence-corrected chi connectivity index (χ1v) is 5.95. The number of nitrogens with one attached hydrogen (secondary N) is 1. The first kappa shape index (κ1) is 11.0. The van der Waals surface area contributed by atoms with Crippen LogP contribution in [0.3, 0.4) is 0 Å². The molecule has 0 fully saturated rings. The Morgan fingerprint density at radius 1 is 1.31 bits per heavy atom. The summed E-state index contributed by atoms with van der Waals surface area (Å²) in [4.78, 5) is 4.55. The van der Waals surface area contributed by atoms with Crippen molar-refractivity contribution in [2.75, 3.05) is 5.32 Å². The normalized spacial score (nSPS) is 18.9. The smallest absolute Gasteiger partial charge is 0.130 e. The molecule has 3 nitrogen and oxygen atoms in total. The molecule has 86 valence electrons. The molecule has 0 saturated carbocycles. The third kappa shape index (κ3) is 1.90. The highest BCUT2D eigenvalue weighted by Gasteiger charge is 2.23. The molecule has 1 aliphatic heterocycles. The lowest BCUT2D eigenvalue weighted by atomic mass is 9.97. The van der Waals surface area contributed by atoms with E-state index < -0.39 is 0 Å². The number of nitrogens with two attached hydrogens (primary N) is 1. The molecule has 0 radical (unpaired) electrons. The van der Waals surface area contributed by atoms with Crippen molar-refractivity contribution in [1.82, 2.24) is 0 Å². The number of nitrogens with zero attached hydrogens (tertiary/aromatic N) is 1. The number of rotatable bonds is 3. The average molecular weight is 217 g/mol. The molecule has 1 unspecified atom stereocenters. The topological polar surface area (TPSA) is 50.4 Å². The van der Waals surface area contributed by atoms with E-state index in [0.29, 0.717) is 11.8 Å². The van der Waals surface area contributed by atoms with Gasteiger partial charge in [-0.3, -0.25) is 0 Å². The summed E-state index contributed by atoms with van der Waals surface area (Å²) in [6, 6.07) is 8.07. The van der Waals surface area contributed by atoms with Gasteiger partial charge in [-0.2, -0.15) is 0 Å². The van der Waals surface area contributed by atoms with Gasteiger partial charge < -0.3 is 11.1 Å². The third-order valence-corrected chi connectivity index (χ3v) is 3.28. The molecule has 3 N–H and O–H groups in total. The Balaban J connectivity index is 2.29. The van der Waals surface area contributed by atoms with Crippen LogP contribution in [0.4, 0.5) is 5.69 Å². The van der Waals surface area contributed by atoms with Crippen molar-refractivity contribution in [3.63, 3.8) is 0 Å². The van der Waals surface area contributed by atoms with Gasteiger partial charge in [-0.05, 0) is 30.9 Å². The van der Waals surface area contributed by atoms with Gasteiger partial charge >= 0.3 is 0 Å². The van der Waals surface area contributed by atoms with Crippen LogP contribution in [0, 0.1) is 5.92 Å². The molecule has 2 rings (SSSR count). The minimum atomic E-state index is 0.130. The Morgan fingerprint density at radius 3 is 2.69 bits per heavy atom. The van der Waals surface area contributed by atoms with E-state index in [-0.39, 0.29) is 6.17 Å². The monoisotopic (exact) mass is 217 g/mol. The highest BCUT2D eigenvalue weighted by atomic mass is 15.1. The summed E-state index contributed by atoms with van der Waals surface area (Å²) in [6.07, 6.45) is 2.37. The zero-order valence-electron chi connectivity index (χ0n) is 9.90. The van der Waals surface area contributed by atoms with Gasteiger partial charge in [0, 0.05) is 11.3 Å². The van der Waals surface area contributed by atoms with Crippen molar-refractivity contribution in [3.8, 4) is 0 Å². The number of para-hydroxylation sites is 1. The summed E-state index contributed by atoms with van der Waals surface area (Å²) >= 11 is 0. The fourth-order valence-corrected chi connectivity index (χ4v) is 2.20. The highest BCUT2D eigenvalue weighted by molar-refractivity contribution is 6.03. The van der Waals surface area contributed by atoms with Crippen molar-refractivity contribution < 1.29 is 0 Å². The molecule has 3 heteroatoms. The molecule has 1 atom stereocenters. The predicted octanol–water partition coefficient (Wildman–Crippen LogP) is 2.58. The van der Waals surface area contributed by atoms with Crippen LogP contribution in [-0.4, -0.2) is 12.0 Å². The molecule has 1 aromatic carbocycles. The van der Waals surface area contributed by atoms with E-state index in [1.54, 1.807) is 0 Å². The van der Waals surface area contributed by atoms with Crippen LogP contribution in [0.1, 0.15) is 32.3 Å². The Labute approximate surface area is 96.8 Å². The molecule has 0 bridgehead atoms. The molecular formula is C13H19N3. The van der Waals surface area contributed by atoms with Gasteiger partial charge in [0.1, 0.15) is 12.0 Å². The maximum Gasteiger partial charge on any atom is 0.130 e. The molecule has 0 amide bonds. The zero-order chi connectivity index (χ0) is 11.5. The lowest BCUT2D eigenvalue weighted by Crippen LogP contribution is -2.34. The minimum Gasteiger partial charge on any atom is -0.383 e. The Bertz CT molecular complexity index is 394. The summed E-state index contributed by atoms with van der Waals surface area (Å²) in [5, 5.41) is 3.46. The van der Waals surface area contributed by atoms with Crippen molar-refractivity contribution >= 4 is 11.5 Å². The number of benzene rings is 1. The quantitative estimate of drug-likeness (QED) is 0.817. The van der Waals surface area contributed by atoms with E-state index in [1.807, 2.05) is 18.2 Å². The third-order valence-electron chi connectivity index (χ3n) is 3.28. The first-order chi connectivity index (χ1) is 7.76. The molecule has 1 aliphatic rings. The average Bonchev–Trinajstić information content (AvgIpc) is 2.31. The lowest BCUT2D eigenvalue weighted by molar-refractivity contribution is 0.425. The van der Waals surface area contributed by atoms with Crippen molar-refractivity contribution in [1.29, 1.82) is 0 Å². The first-order valence-electron chi connectivity index (χ1n) is 5.95. The van der Waals surface area contributed by atoms with Gasteiger partial charge in [-0.1, -0.05) is 26.0 Å². The van der Waals surface area contributed by atoms with E-state index in [4.69, 9.17) is 5.73 Å². The molecular weight excluding hydrogens is 198 g/mol. The van der Waals surface area contributed by atoms with Gasteiger partial charge in [0.15, 0.2) is 0 Å². The molecule has 1 aromatic rings. The van der Waals surface area contributed by atoms with Crippen molar-refractivity contribution in [3.05, 3.63) is 29.8 Å². The summed E-state index contributed by atoms with van der Waals surface area (Å²) in [7, 11) is 0. The zero-order valence-corrected chi connectivity index (χ0v) is 9.90. The summed E-state index contributed by atoms with van der Waals surface area (Å²) in [5.41, 5.74) is 8.12. The van der Waals surface area contributed by atoms with Gasteiger partial charge in [-0.15, -0.1) is 0 Å². The number of anilines is 1. The van der Waals surface area contributed by atoms with E-state index >= 15 is 0 Å². The second kappa shape index (κ2) is 4.56. The Morgan fingerprint density at radius 2 is 2.00 bits per heavy atom. The molecule has 16 heavy (non-hydrogen) atoms. The predicted molar refractivity (Wildman–Crippen MR) is 68.6 cm³/mol. The molecule has 0 aromatic heterocycles. The maximum atomic E-state index is 5.99. The van der Waals surface area contributed by atoms with E-state index in [2.05, 4.69) is 30.2 Å². The standard InChI is InChI=1S/C13H19N3/c1-3-9(4-2)13-15-11-8-6-5-7-10(11)12(14)16-13/h5-9,13,15H,3-4H2,1-2H3,(H2,14,16). The summed E-state index contributed by atoms with van der Waals surface area (Å²) in [6.45, 7) is 4.39. The van der Waals surface area contributed by atoms with E-state index in [9.17, 15) is 0 Å². The van der Waals surface area contributed by atoms with Gasteiger partial charge in [0.2, 0.25) is 0 Å². The van der Waals surface area contributed by atoms with E-state index in [0.717, 1.165) is 24.1 Å². The fraction of sp³-hybridized carbons (Fsp3) is 0.462. The van der Waals surface area contributed by atoms with Gasteiger partial charge in [0.25, 0.3) is 0 Å². The fourth-order valence-electron chi connectivity index (χ4n) is 2.20. The van der Waals surface area contributed by atoms with Crippen molar-refractivity contribution in [2.24, 2.45) is 16.6 Å². The minimum absolute atomic E-state index is 0.130. The van der Waals surface area contributed by atoms with Crippen LogP contribution in [0.25, 0.3) is 0 Å². The van der Waals surface area contributed by atoms with Crippen LogP contribution >= 0.6 is 0 Å².